The van der Waals surface area contributed by atoms with Gasteiger partial charge in [-0.05, 0) is 67.8 Å². The van der Waals surface area contributed by atoms with Gasteiger partial charge in [0, 0.05) is 40.9 Å². The SMILES string of the molecule is COCCOc1ccc2c(N)c(-c3ccc(NC(=O)Oc4ccc(Cl)cc4)cc3)n(C3CCC3)c2c1. The Bertz CT molecular complexity index is 1360. The van der Waals surface area contributed by atoms with Crippen LogP contribution in [0.15, 0.2) is 66.7 Å². The molecule has 0 saturated heterocycles. The predicted octanol–water partition coefficient (Wildman–Crippen LogP) is 6.91. The number of carbonyl (C=O) groups is 1. The van der Waals surface area contributed by atoms with Gasteiger partial charge in [0.15, 0.2) is 0 Å². The van der Waals surface area contributed by atoms with E-state index >= 15 is 0 Å². The molecule has 3 N–H and O–H groups in total. The monoisotopic (exact) mass is 505 g/mol. The molecule has 4 aromatic rings. The van der Waals surface area contributed by atoms with Crippen molar-refractivity contribution in [3.63, 3.8) is 0 Å². The third-order valence-corrected chi connectivity index (χ3v) is 6.69. The molecule has 5 rings (SSSR count). The Kier molecular flexibility index (Phi) is 7.02. The van der Waals surface area contributed by atoms with Crippen molar-refractivity contribution in [3.8, 4) is 22.8 Å². The van der Waals surface area contributed by atoms with Gasteiger partial charge in [0.1, 0.15) is 18.1 Å². The van der Waals surface area contributed by atoms with Crippen LogP contribution in [0.5, 0.6) is 11.5 Å². The first-order valence-electron chi connectivity index (χ1n) is 11.9. The molecule has 7 nitrogen and oxygen atoms in total. The van der Waals surface area contributed by atoms with Crippen LogP contribution in [-0.4, -0.2) is 31.0 Å². The smallest absolute Gasteiger partial charge is 0.417 e. The largest absolute Gasteiger partial charge is 0.491 e. The van der Waals surface area contributed by atoms with Crippen LogP contribution in [0.1, 0.15) is 25.3 Å². The van der Waals surface area contributed by atoms with Gasteiger partial charge in [-0.15, -0.1) is 0 Å². The maximum Gasteiger partial charge on any atom is 0.417 e. The molecule has 3 aromatic carbocycles. The van der Waals surface area contributed by atoms with E-state index in [9.17, 15) is 4.79 Å². The molecule has 186 valence electrons. The summed E-state index contributed by atoms with van der Waals surface area (Å²) < 4.78 is 18.6. The van der Waals surface area contributed by atoms with Crippen LogP contribution in [-0.2, 0) is 4.74 Å². The minimum Gasteiger partial charge on any atom is -0.491 e. The van der Waals surface area contributed by atoms with Gasteiger partial charge >= 0.3 is 6.09 Å². The van der Waals surface area contributed by atoms with E-state index in [4.69, 9.17) is 31.5 Å². The molecule has 36 heavy (non-hydrogen) atoms. The molecule has 0 spiro atoms. The van der Waals surface area contributed by atoms with Crippen molar-refractivity contribution in [1.82, 2.24) is 4.57 Å². The number of carbonyl (C=O) groups excluding carboxylic acids is 1. The highest BCUT2D eigenvalue weighted by atomic mass is 35.5. The van der Waals surface area contributed by atoms with Gasteiger partial charge in [0.2, 0.25) is 0 Å². The Morgan fingerprint density at radius 2 is 1.75 bits per heavy atom. The van der Waals surface area contributed by atoms with Gasteiger partial charge in [0.05, 0.1) is 23.5 Å². The van der Waals surface area contributed by atoms with Crippen molar-refractivity contribution in [1.29, 1.82) is 0 Å². The minimum absolute atomic E-state index is 0.390. The number of ether oxygens (including phenoxy) is 3. The number of hydrogen-bond acceptors (Lipinski definition) is 5. The predicted molar refractivity (Wildman–Crippen MR) is 143 cm³/mol. The van der Waals surface area contributed by atoms with Crippen molar-refractivity contribution < 1.29 is 19.0 Å². The maximum atomic E-state index is 12.3. The molecule has 0 aliphatic heterocycles. The van der Waals surface area contributed by atoms with E-state index in [0.717, 1.165) is 46.4 Å². The summed E-state index contributed by atoms with van der Waals surface area (Å²) in [4.78, 5) is 12.3. The van der Waals surface area contributed by atoms with Crippen LogP contribution < -0.4 is 20.5 Å². The molecule has 1 amide bonds. The van der Waals surface area contributed by atoms with Crippen LogP contribution in [0.25, 0.3) is 22.2 Å². The minimum atomic E-state index is -0.575. The number of benzene rings is 3. The van der Waals surface area contributed by atoms with Gasteiger partial charge in [-0.3, -0.25) is 5.32 Å². The summed E-state index contributed by atoms with van der Waals surface area (Å²) in [5.41, 5.74) is 11.1. The van der Waals surface area contributed by atoms with Gasteiger partial charge in [-0.1, -0.05) is 23.7 Å². The molecule has 1 aliphatic rings. The van der Waals surface area contributed by atoms with Gasteiger partial charge in [0.25, 0.3) is 0 Å². The quantitative estimate of drug-likeness (QED) is 0.254. The van der Waals surface area contributed by atoms with Crippen molar-refractivity contribution in [2.24, 2.45) is 0 Å². The van der Waals surface area contributed by atoms with E-state index in [0.29, 0.717) is 35.7 Å². The third kappa shape index (κ3) is 4.98. The summed E-state index contributed by atoms with van der Waals surface area (Å²) in [6.07, 6.45) is 2.85. The number of aromatic nitrogens is 1. The third-order valence-electron chi connectivity index (χ3n) is 6.44. The zero-order chi connectivity index (χ0) is 25.1. The Morgan fingerprint density at radius 3 is 2.42 bits per heavy atom. The van der Waals surface area contributed by atoms with E-state index < -0.39 is 6.09 Å². The van der Waals surface area contributed by atoms with Crippen LogP contribution in [0.2, 0.25) is 5.02 Å². The van der Waals surface area contributed by atoms with Gasteiger partial charge in [-0.25, -0.2) is 4.79 Å². The lowest BCUT2D eigenvalue weighted by atomic mass is 9.92. The zero-order valence-corrected chi connectivity index (χ0v) is 20.8. The molecule has 0 unspecified atom stereocenters. The Labute approximate surface area is 214 Å². The topological polar surface area (TPSA) is 87.7 Å². The molecular formula is C28H28ClN3O4. The first-order valence-corrected chi connectivity index (χ1v) is 12.3. The second-order valence-electron chi connectivity index (χ2n) is 8.78. The van der Waals surface area contributed by atoms with E-state index in [-0.39, 0.29) is 0 Å². The van der Waals surface area contributed by atoms with Crippen molar-refractivity contribution >= 4 is 40.0 Å². The van der Waals surface area contributed by atoms with E-state index in [1.54, 1.807) is 31.4 Å². The normalized spacial score (nSPS) is 13.4. The molecule has 8 heteroatoms. The number of nitrogens with two attached hydrogens (primary N) is 1. The summed E-state index contributed by atoms with van der Waals surface area (Å²) >= 11 is 5.88. The summed E-state index contributed by atoms with van der Waals surface area (Å²) in [5.74, 6) is 1.21. The maximum absolute atomic E-state index is 12.3. The second kappa shape index (κ2) is 10.5. The number of anilines is 2. The number of halogens is 1. The number of methoxy groups -OCH3 is 1. The summed E-state index contributed by atoms with van der Waals surface area (Å²) in [6.45, 7) is 1.02. The molecule has 1 heterocycles. The summed E-state index contributed by atoms with van der Waals surface area (Å²) in [7, 11) is 1.66. The number of rotatable bonds is 8. The number of fused-ring (bicyclic) bond motifs is 1. The molecule has 0 atom stereocenters. The standard InChI is InChI=1S/C28H28ClN3O4/c1-34-15-16-35-23-13-14-24-25(17-23)32(21-3-2-4-21)27(26(24)30)18-5-9-20(10-6-18)31-28(33)36-22-11-7-19(29)8-12-22/h5-14,17,21H,2-4,15-16,30H2,1H3,(H,31,33). The molecule has 1 aromatic heterocycles. The van der Waals surface area contributed by atoms with Crippen molar-refractivity contribution in [3.05, 3.63) is 71.8 Å². The second-order valence-corrected chi connectivity index (χ2v) is 9.22. The number of hydrogen-bond donors (Lipinski definition) is 2. The highest BCUT2D eigenvalue weighted by Crippen LogP contribution is 2.45. The van der Waals surface area contributed by atoms with Crippen molar-refractivity contribution in [2.75, 3.05) is 31.4 Å². The first kappa shape index (κ1) is 24.0. The molecule has 1 fully saturated rings. The molecule has 0 radical (unpaired) electrons. The van der Waals surface area contributed by atoms with E-state index in [1.165, 1.54) is 6.42 Å². The number of nitrogens with one attached hydrogen (secondary N) is 1. The fraction of sp³-hybridized carbons (Fsp3) is 0.250. The van der Waals surface area contributed by atoms with Gasteiger partial charge < -0.3 is 24.5 Å². The van der Waals surface area contributed by atoms with Crippen LogP contribution in [0.3, 0.4) is 0 Å². The Morgan fingerprint density at radius 1 is 1.03 bits per heavy atom. The average molecular weight is 506 g/mol. The molecule has 1 aliphatic carbocycles. The van der Waals surface area contributed by atoms with Crippen LogP contribution >= 0.6 is 11.6 Å². The van der Waals surface area contributed by atoms with E-state index in [1.807, 2.05) is 36.4 Å². The zero-order valence-electron chi connectivity index (χ0n) is 20.0. The first-order chi connectivity index (χ1) is 17.5. The lowest BCUT2D eigenvalue weighted by molar-refractivity contribution is 0.146. The fourth-order valence-electron chi connectivity index (χ4n) is 4.43. The fourth-order valence-corrected chi connectivity index (χ4v) is 4.56. The van der Waals surface area contributed by atoms with Crippen LogP contribution in [0.4, 0.5) is 16.2 Å². The lowest BCUT2D eigenvalue weighted by Crippen LogP contribution is -2.18. The van der Waals surface area contributed by atoms with Gasteiger partial charge in [-0.2, -0.15) is 0 Å². The average Bonchev–Trinajstić information content (AvgIpc) is 3.12. The molecule has 0 bridgehead atoms. The van der Waals surface area contributed by atoms with E-state index in [2.05, 4.69) is 16.0 Å². The Hall–Kier alpha value is -3.68. The Balaban J connectivity index is 1.40. The highest BCUT2D eigenvalue weighted by molar-refractivity contribution is 6.30. The molecule has 1 saturated carbocycles. The summed E-state index contributed by atoms with van der Waals surface area (Å²) in [6, 6.07) is 20.7. The number of nitrogen functional groups attached to an aromatic ring is 1. The highest BCUT2D eigenvalue weighted by Gasteiger charge is 2.27. The van der Waals surface area contributed by atoms with Crippen LogP contribution in [0, 0.1) is 0 Å². The number of nitrogens with zero attached hydrogens (tertiary/aromatic N) is 1. The van der Waals surface area contributed by atoms with Crippen molar-refractivity contribution in [2.45, 2.75) is 25.3 Å². The molecular weight excluding hydrogens is 478 g/mol. The number of amides is 1. The lowest BCUT2D eigenvalue weighted by Gasteiger charge is -2.30. The summed E-state index contributed by atoms with van der Waals surface area (Å²) in [5, 5.41) is 4.34.